The summed E-state index contributed by atoms with van der Waals surface area (Å²) in [5, 5.41) is 1.49. The normalized spacial score (nSPS) is 12.1. The minimum Gasteiger partial charge on any atom is -0.451 e. The second-order valence-corrected chi connectivity index (χ2v) is 5.13. The van der Waals surface area contributed by atoms with Crippen molar-refractivity contribution in [3.8, 4) is 0 Å². The van der Waals surface area contributed by atoms with Gasteiger partial charge in [0.25, 0.3) is 5.91 Å². The summed E-state index contributed by atoms with van der Waals surface area (Å²) in [5.74, 6) is 0.183. The van der Waals surface area contributed by atoms with Gasteiger partial charge in [-0.1, -0.05) is 11.6 Å². The second kappa shape index (κ2) is 6.48. The molecule has 1 atom stereocenters. The Morgan fingerprint density at radius 1 is 1.50 bits per heavy atom. The van der Waals surface area contributed by atoms with E-state index in [0.29, 0.717) is 22.9 Å². The fourth-order valence-electron chi connectivity index (χ4n) is 1.92. The number of carbonyl (C=O) groups excluding carboxylic acids is 1. The van der Waals surface area contributed by atoms with Gasteiger partial charge in [0.2, 0.25) is 0 Å². The third-order valence-corrected chi connectivity index (χ3v) is 3.65. The van der Waals surface area contributed by atoms with Crippen molar-refractivity contribution >= 4 is 40.9 Å². The predicted molar refractivity (Wildman–Crippen MR) is 83.8 cm³/mol. The molecule has 1 heterocycles. The SMILES string of the molecule is Cc1c(C(=O)N(C)C(C)CN)oc2ccc(Cl)cc12.Cl. The monoisotopic (exact) mass is 316 g/mol. The Labute approximate surface area is 129 Å². The highest BCUT2D eigenvalue weighted by Gasteiger charge is 2.23. The van der Waals surface area contributed by atoms with E-state index in [2.05, 4.69) is 0 Å². The number of hydrogen-bond acceptors (Lipinski definition) is 3. The van der Waals surface area contributed by atoms with E-state index in [1.165, 1.54) is 0 Å². The Morgan fingerprint density at radius 3 is 2.75 bits per heavy atom. The predicted octanol–water partition coefficient (Wildman–Crippen LogP) is 3.24. The summed E-state index contributed by atoms with van der Waals surface area (Å²) in [6.07, 6.45) is 0. The van der Waals surface area contributed by atoms with Crippen LogP contribution in [0.2, 0.25) is 5.02 Å². The number of rotatable bonds is 3. The fourth-order valence-corrected chi connectivity index (χ4v) is 2.09. The molecule has 1 aromatic carbocycles. The molecule has 0 aliphatic heterocycles. The zero-order valence-corrected chi connectivity index (χ0v) is 13.2. The zero-order chi connectivity index (χ0) is 14.2. The van der Waals surface area contributed by atoms with Crippen molar-refractivity contribution in [2.75, 3.05) is 13.6 Å². The lowest BCUT2D eigenvalue weighted by Crippen LogP contribution is -2.39. The number of fused-ring (bicyclic) bond motifs is 1. The third kappa shape index (κ3) is 2.92. The number of likely N-dealkylation sites (N-methyl/N-ethyl adjacent to an activating group) is 1. The van der Waals surface area contributed by atoms with Crippen molar-refractivity contribution in [3.05, 3.63) is 34.5 Å². The molecule has 4 nitrogen and oxygen atoms in total. The minimum atomic E-state index is -0.164. The second-order valence-electron chi connectivity index (χ2n) is 4.70. The molecule has 0 radical (unpaired) electrons. The van der Waals surface area contributed by atoms with Crippen LogP contribution in [0.25, 0.3) is 11.0 Å². The highest BCUT2D eigenvalue weighted by Crippen LogP contribution is 2.28. The smallest absolute Gasteiger partial charge is 0.289 e. The topological polar surface area (TPSA) is 59.5 Å². The van der Waals surface area contributed by atoms with Crippen LogP contribution in [-0.4, -0.2) is 30.4 Å². The Hall–Kier alpha value is -1.23. The highest BCUT2D eigenvalue weighted by molar-refractivity contribution is 6.31. The number of halogens is 2. The van der Waals surface area contributed by atoms with Crippen LogP contribution in [-0.2, 0) is 0 Å². The highest BCUT2D eigenvalue weighted by atomic mass is 35.5. The van der Waals surface area contributed by atoms with Crippen molar-refractivity contribution < 1.29 is 9.21 Å². The van der Waals surface area contributed by atoms with E-state index in [9.17, 15) is 4.79 Å². The number of nitrogens with zero attached hydrogens (tertiary/aromatic N) is 1. The maximum atomic E-state index is 12.4. The minimum absolute atomic E-state index is 0. The molecule has 0 spiro atoms. The first-order chi connectivity index (χ1) is 8.95. The van der Waals surface area contributed by atoms with Crippen molar-refractivity contribution in [1.82, 2.24) is 4.90 Å². The molecule has 0 saturated heterocycles. The average Bonchev–Trinajstić information content (AvgIpc) is 2.73. The largest absolute Gasteiger partial charge is 0.451 e. The number of nitrogens with two attached hydrogens (primary N) is 1. The molecule has 0 aliphatic carbocycles. The Bertz CT molecular complexity index is 625. The molecule has 2 N–H and O–H groups in total. The van der Waals surface area contributed by atoms with Gasteiger partial charge < -0.3 is 15.1 Å². The maximum Gasteiger partial charge on any atom is 0.289 e. The summed E-state index contributed by atoms with van der Waals surface area (Å²) in [6, 6.07) is 5.28. The van der Waals surface area contributed by atoms with Crippen LogP contribution in [0.15, 0.2) is 22.6 Å². The number of hydrogen-bond donors (Lipinski definition) is 1. The molecule has 1 unspecified atom stereocenters. The standard InChI is InChI=1S/C14H17ClN2O2.ClH/c1-8(7-16)17(3)14(18)13-9(2)11-6-10(15)4-5-12(11)19-13;/h4-6,8H,7,16H2,1-3H3;1H. The van der Waals surface area contributed by atoms with Gasteiger partial charge in [0, 0.05) is 35.6 Å². The number of aryl methyl sites for hydroxylation is 1. The van der Waals surface area contributed by atoms with Crippen LogP contribution < -0.4 is 5.73 Å². The summed E-state index contributed by atoms with van der Waals surface area (Å²) in [5.41, 5.74) is 7.05. The number of benzene rings is 1. The molecule has 0 fully saturated rings. The Morgan fingerprint density at radius 2 is 2.15 bits per heavy atom. The van der Waals surface area contributed by atoms with Crippen LogP contribution in [0.4, 0.5) is 0 Å². The molecule has 0 saturated carbocycles. The van der Waals surface area contributed by atoms with Gasteiger partial charge in [0.15, 0.2) is 5.76 Å². The van der Waals surface area contributed by atoms with E-state index in [-0.39, 0.29) is 24.4 Å². The van der Waals surface area contributed by atoms with Crippen LogP contribution in [0.1, 0.15) is 23.0 Å². The van der Waals surface area contributed by atoms with Gasteiger partial charge in [-0.2, -0.15) is 0 Å². The summed E-state index contributed by atoms with van der Waals surface area (Å²) in [4.78, 5) is 14.0. The molecule has 110 valence electrons. The van der Waals surface area contributed by atoms with Gasteiger partial charge in [-0.25, -0.2) is 0 Å². The first kappa shape index (κ1) is 16.8. The third-order valence-electron chi connectivity index (χ3n) is 3.42. The van der Waals surface area contributed by atoms with E-state index in [1.807, 2.05) is 13.8 Å². The lowest BCUT2D eigenvalue weighted by atomic mass is 10.1. The first-order valence-electron chi connectivity index (χ1n) is 6.11. The molecule has 0 aliphatic rings. The molecule has 2 rings (SSSR count). The molecule has 20 heavy (non-hydrogen) atoms. The Kier molecular flexibility index (Phi) is 5.45. The van der Waals surface area contributed by atoms with E-state index >= 15 is 0 Å². The molecule has 1 amide bonds. The summed E-state index contributed by atoms with van der Waals surface area (Å²) < 4.78 is 5.64. The van der Waals surface area contributed by atoms with Crippen LogP contribution in [0, 0.1) is 6.92 Å². The van der Waals surface area contributed by atoms with Gasteiger partial charge in [0.1, 0.15) is 5.58 Å². The molecule has 6 heteroatoms. The van der Waals surface area contributed by atoms with E-state index in [0.717, 1.165) is 10.9 Å². The molecule has 0 bridgehead atoms. The Balaban J connectivity index is 0.00000200. The van der Waals surface area contributed by atoms with Gasteiger partial charge >= 0.3 is 0 Å². The summed E-state index contributed by atoms with van der Waals surface area (Å²) >= 11 is 5.96. The van der Waals surface area contributed by atoms with Crippen LogP contribution >= 0.6 is 24.0 Å². The lowest BCUT2D eigenvalue weighted by molar-refractivity contribution is 0.0717. The van der Waals surface area contributed by atoms with Gasteiger partial charge in [-0.15, -0.1) is 12.4 Å². The fraction of sp³-hybridized carbons (Fsp3) is 0.357. The molecule has 1 aromatic heterocycles. The number of carbonyl (C=O) groups is 1. The number of amides is 1. The quantitative estimate of drug-likeness (QED) is 0.945. The van der Waals surface area contributed by atoms with Crippen molar-refractivity contribution in [3.63, 3.8) is 0 Å². The van der Waals surface area contributed by atoms with E-state index < -0.39 is 0 Å². The van der Waals surface area contributed by atoms with E-state index in [4.69, 9.17) is 21.8 Å². The van der Waals surface area contributed by atoms with Crippen molar-refractivity contribution in [1.29, 1.82) is 0 Å². The van der Waals surface area contributed by atoms with E-state index in [1.54, 1.807) is 30.1 Å². The first-order valence-corrected chi connectivity index (χ1v) is 6.49. The van der Waals surface area contributed by atoms with Crippen LogP contribution in [0.5, 0.6) is 0 Å². The van der Waals surface area contributed by atoms with Gasteiger partial charge in [-0.05, 0) is 32.0 Å². The summed E-state index contributed by atoms with van der Waals surface area (Å²) in [7, 11) is 1.72. The number of furan rings is 1. The molecular formula is C14H18Cl2N2O2. The average molecular weight is 317 g/mol. The molecule has 2 aromatic rings. The van der Waals surface area contributed by atoms with Gasteiger partial charge in [-0.3, -0.25) is 4.79 Å². The van der Waals surface area contributed by atoms with Crippen molar-refractivity contribution in [2.45, 2.75) is 19.9 Å². The molecular weight excluding hydrogens is 299 g/mol. The lowest BCUT2D eigenvalue weighted by Gasteiger charge is -2.22. The zero-order valence-electron chi connectivity index (χ0n) is 11.6. The van der Waals surface area contributed by atoms with Gasteiger partial charge in [0.05, 0.1) is 0 Å². The maximum absolute atomic E-state index is 12.4. The summed E-state index contributed by atoms with van der Waals surface area (Å²) in [6.45, 7) is 4.16. The van der Waals surface area contributed by atoms with Crippen LogP contribution in [0.3, 0.4) is 0 Å². The van der Waals surface area contributed by atoms with Crippen molar-refractivity contribution in [2.24, 2.45) is 5.73 Å².